The van der Waals surface area contributed by atoms with Crippen LogP contribution in [0.2, 0.25) is 0 Å². The second-order valence-corrected chi connectivity index (χ2v) is 7.52. The lowest BCUT2D eigenvalue weighted by Crippen LogP contribution is -2.24. The Morgan fingerprint density at radius 2 is 1.85 bits per heavy atom. The zero-order valence-corrected chi connectivity index (χ0v) is 18.0. The van der Waals surface area contributed by atoms with E-state index in [9.17, 15) is 9.18 Å². The number of carbonyl (C=O) groups is 1. The van der Waals surface area contributed by atoms with Gasteiger partial charge in [-0.2, -0.15) is 5.21 Å². The zero-order valence-electron chi connectivity index (χ0n) is 18.0. The van der Waals surface area contributed by atoms with E-state index >= 15 is 0 Å². The normalized spacial score (nSPS) is 10.8. The average Bonchev–Trinajstić information content (AvgIpc) is 3.38. The summed E-state index contributed by atoms with van der Waals surface area (Å²) < 4.78 is 13.4. The number of tetrazole rings is 1. The van der Waals surface area contributed by atoms with Crippen LogP contribution in [0.5, 0.6) is 0 Å². The molecule has 10 heteroatoms. The van der Waals surface area contributed by atoms with Crippen LogP contribution in [0.4, 0.5) is 4.39 Å². The highest BCUT2D eigenvalue weighted by Crippen LogP contribution is 2.14. The number of halogens is 1. The Hall–Kier alpha value is -4.05. The minimum absolute atomic E-state index is 0.264. The van der Waals surface area contributed by atoms with Crippen LogP contribution < -0.4 is 10.6 Å². The molecule has 0 atom stereocenters. The first-order chi connectivity index (χ1) is 16.1. The van der Waals surface area contributed by atoms with Crippen LogP contribution in [0.1, 0.15) is 32.9 Å². The molecule has 168 valence electrons. The number of aryl methyl sites for hydroxylation is 1. The molecule has 0 radical (unpaired) electrons. The lowest BCUT2D eigenvalue weighted by atomic mass is 10.1. The van der Waals surface area contributed by atoms with Gasteiger partial charge in [-0.3, -0.25) is 4.79 Å². The van der Waals surface area contributed by atoms with Crippen molar-refractivity contribution in [1.82, 2.24) is 41.2 Å². The van der Waals surface area contributed by atoms with E-state index < -0.39 is 0 Å². The van der Waals surface area contributed by atoms with Crippen LogP contribution in [0.15, 0.2) is 54.9 Å². The molecule has 4 rings (SSSR count). The summed E-state index contributed by atoms with van der Waals surface area (Å²) in [7, 11) is 0. The van der Waals surface area contributed by atoms with Crippen LogP contribution in [-0.4, -0.2) is 43.0 Å². The van der Waals surface area contributed by atoms with Crippen molar-refractivity contribution in [2.24, 2.45) is 0 Å². The number of hydrogen-bond donors (Lipinski definition) is 3. The Morgan fingerprint density at radius 3 is 2.61 bits per heavy atom. The largest absolute Gasteiger partial charge is 0.347 e. The van der Waals surface area contributed by atoms with Gasteiger partial charge in [0.15, 0.2) is 0 Å². The number of amides is 1. The Kier molecular flexibility index (Phi) is 7.06. The summed E-state index contributed by atoms with van der Waals surface area (Å²) in [5.74, 6) is 0.00108. The molecule has 0 saturated carbocycles. The molecule has 0 bridgehead atoms. The van der Waals surface area contributed by atoms with Crippen molar-refractivity contribution in [3.8, 4) is 11.4 Å². The highest BCUT2D eigenvalue weighted by molar-refractivity contribution is 5.92. The summed E-state index contributed by atoms with van der Waals surface area (Å²) >= 11 is 0. The van der Waals surface area contributed by atoms with E-state index in [-0.39, 0.29) is 11.7 Å². The van der Waals surface area contributed by atoms with Crippen LogP contribution in [-0.2, 0) is 19.5 Å². The number of aromatic amines is 1. The molecule has 0 aliphatic heterocycles. The van der Waals surface area contributed by atoms with Gasteiger partial charge in [0.2, 0.25) is 5.82 Å². The van der Waals surface area contributed by atoms with Crippen LogP contribution in [0.3, 0.4) is 0 Å². The molecule has 9 nitrogen and oxygen atoms in total. The van der Waals surface area contributed by atoms with Gasteiger partial charge in [0.05, 0.1) is 0 Å². The molecule has 0 unspecified atom stereocenters. The molecule has 3 N–H and O–H groups in total. The van der Waals surface area contributed by atoms with Gasteiger partial charge < -0.3 is 10.6 Å². The summed E-state index contributed by atoms with van der Waals surface area (Å²) in [6.07, 6.45) is 2.05. The van der Waals surface area contributed by atoms with Gasteiger partial charge in [0, 0.05) is 37.3 Å². The third kappa shape index (κ3) is 6.01. The summed E-state index contributed by atoms with van der Waals surface area (Å²) in [5, 5.41) is 20.1. The van der Waals surface area contributed by atoms with Gasteiger partial charge in [-0.25, -0.2) is 14.4 Å². The number of nitrogens with one attached hydrogen (secondary N) is 3. The molecule has 33 heavy (non-hydrogen) atoms. The summed E-state index contributed by atoms with van der Waals surface area (Å²) in [6, 6.07) is 14.4. The van der Waals surface area contributed by atoms with Crippen LogP contribution in [0.25, 0.3) is 11.4 Å². The van der Waals surface area contributed by atoms with E-state index in [1.54, 1.807) is 25.1 Å². The van der Waals surface area contributed by atoms with Gasteiger partial charge in [0.1, 0.15) is 17.8 Å². The topological polar surface area (TPSA) is 121 Å². The number of H-pyrrole nitrogens is 1. The number of benzene rings is 2. The predicted octanol–water partition coefficient (Wildman–Crippen LogP) is 2.37. The lowest BCUT2D eigenvalue weighted by molar-refractivity contribution is 0.0945. The zero-order chi connectivity index (χ0) is 23.0. The van der Waals surface area contributed by atoms with E-state index in [2.05, 4.69) is 41.2 Å². The van der Waals surface area contributed by atoms with Crippen molar-refractivity contribution in [2.75, 3.05) is 6.54 Å². The first kappa shape index (κ1) is 22.2. The van der Waals surface area contributed by atoms with E-state index in [0.29, 0.717) is 43.1 Å². The first-order valence-electron chi connectivity index (χ1n) is 10.5. The van der Waals surface area contributed by atoms with E-state index in [0.717, 1.165) is 22.4 Å². The quantitative estimate of drug-likeness (QED) is 0.338. The van der Waals surface area contributed by atoms with E-state index in [4.69, 9.17) is 0 Å². The molecule has 2 aromatic heterocycles. The second-order valence-electron chi connectivity index (χ2n) is 7.52. The Bertz CT molecular complexity index is 1210. The fourth-order valence-corrected chi connectivity index (χ4v) is 3.25. The van der Waals surface area contributed by atoms with Crippen molar-refractivity contribution in [1.29, 1.82) is 0 Å². The molecule has 0 aliphatic rings. The molecule has 0 spiro atoms. The SMILES string of the molecule is Cc1cc(CNC(=O)c2cc(CCNCc3ccc(-c4nn[nH]n4)cc3)ncn2)ccc1F. The minimum Gasteiger partial charge on any atom is -0.347 e. The Labute approximate surface area is 189 Å². The predicted molar refractivity (Wildman–Crippen MR) is 119 cm³/mol. The molecule has 0 saturated heterocycles. The number of rotatable bonds is 9. The minimum atomic E-state index is -0.296. The standard InChI is InChI=1S/C23H23FN8O/c1-15-10-17(4-7-20(15)24)13-26-23(33)21-11-19(27-14-28-21)8-9-25-12-16-2-5-18(6-3-16)22-29-31-32-30-22/h2-7,10-11,14,25H,8-9,12-13H2,1H3,(H,26,33)(H,29,30,31,32). The Morgan fingerprint density at radius 1 is 1.03 bits per heavy atom. The molecule has 2 aromatic carbocycles. The molecule has 2 heterocycles. The average molecular weight is 446 g/mol. The molecular formula is C23H23FN8O. The monoisotopic (exact) mass is 446 g/mol. The molecular weight excluding hydrogens is 423 g/mol. The summed E-state index contributed by atoms with van der Waals surface area (Å²) in [4.78, 5) is 20.8. The second kappa shape index (κ2) is 10.5. The fourth-order valence-electron chi connectivity index (χ4n) is 3.25. The fraction of sp³-hybridized carbons (Fsp3) is 0.217. The number of aromatic nitrogens is 6. The lowest BCUT2D eigenvalue weighted by Gasteiger charge is -2.08. The van der Waals surface area contributed by atoms with E-state index in [1.165, 1.54) is 12.4 Å². The highest BCUT2D eigenvalue weighted by Gasteiger charge is 2.09. The van der Waals surface area contributed by atoms with Crippen LogP contribution in [0, 0.1) is 12.7 Å². The number of hydrogen-bond acceptors (Lipinski definition) is 7. The third-order valence-electron chi connectivity index (χ3n) is 5.08. The van der Waals surface area contributed by atoms with Crippen molar-refractivity contribution < 1.29 is 9.18 Å². The van der Waals surface area contributed by atoms with Gasteiger partial charge in [0.25, 0.3) is 5.91 Å². The van der Waals surface area contributed by atoms with Crippen molar-refractivity contribution >= 4 is 5.91 Å². The van der Waals surface area contributed by atoms with Crippen LogP contribution >= 0.6 is 0 Å². The van der Waals surface area contributed by atoms with Gasteiger partial charge >= 0.3 is 0 Å². The molecule has 1 amide bonds. The molecule has 4 aromatic rings. The van der Waals surface area contributed by atoms with Crippen molar-refractivity contribution in [3.05, 3.63) is 88.8 Å². The summed E-state index contributed by atoms with van der Waals surface area (Å²) in [6.45, 7) is 3.38. The number of nitrogens with zero attached hydrogens (tertiary/aromatic N) is 5. The maximum Gasteiger partial charge on any atom is 0.270 e. The Balaban J connectivity index is 1.24. The maximum absolute atomic E-state index is 13.4. The highest BCUT2D eigenvalue weighted by atomic mass is 19.1. The smallest absolute Gasteiger partial charge is 0.270 e. The van der Waals surface area contributed by atoms with Gasteiger partial charge in [-0.15, -0.1) is 10.2 Å². The van der Waals surface area contributed by atoms with Crippen molar-refractivity contribution in [3.63, 3.8) is 0 Å². The number of carbonyl (C=O) groups excluding carboxylic acids is 1. The maximum atomic E-state index is 13.4. The van der Waals surface area contributed by atoms with Gasteiger partial charge in [-0.1, -0.05) is 36.4 Å². The first-order valence-corrected chi connectivity index (χ1v) is 10.5. The van der Waals surface area contributed by atoms with E-state index in [1.807, 2.05) is 24.3 Å². The molecule has 0 aliphatic carbocycles. The molecule has 0 fully saturated rings. The van der Waals surface area contributed by atoms with Crippen molar-refractivity contribution in [2.45, 2.75) is 26.4 Å². The third-order valence-corrected chi connectivity index (χ3v) is 5.08. The summed E-state index contributed by atoms with van der Waals surface area (Å²) in [5.41, 5.74) is 4.46. The van der Waals surface area contributed by atoms with Gasteiger partial charge in [-0.05, 0) is 41.0 Å².